The van der Waals surface area contributed by atoms with E-state index >= 15 is 0 Å². The maximum Gasteiger partial charge on any atom is 0.416 e. The second-order valence-electron chi connectivity index (χ2n) is 7.26. The van der Waals surface area contributed by atoms with Crippen molar-refractivity contribution in [2.75, 3.05) is 17.1 Å². The smallest absolute Gasteiger partial charge is 0.352 e. The summed E-state index contributed by atoms with van der Waals surface area (Å²) in [5.74, 6) is -0.360. The third-order valence-corrected chi connectivity index (χ3v) is 5.60. The molecule has 5 nitrogen and oxygen atoms in total. The lowest BCUT2D eigenvalue weighted by Crippen LogP contribution is -2.32. The highest BCUT2D eigenvalue weighted by Gasteiger charge is 2.30. The molecule has 0 saturated carbocycles. The van der Waals surface area contributed by atoms with Crippen LogP contribution in [-0.4, -0.2) is 27.1 Å². The molecular formula is C21H25F3N2O3S. The van der Waals surface area contributed by atoms with Crippen molar-refractivity contribution >= 4 is 21.6 Å². The molecule has 0 bridgehead atoms. The van der Waals surface area contributed by atoms with Gasteiger partial charge in [0.05, 0.1) is 17.5 Å². The van der Waals surface area contributed by atoms with Crippen molar-refractivity contribution < 1.29 is 26.4 Å². The Morgan fingerprint density at radius 1 is 1.07 bits per heavy atom. The van der Waals surface area contributed by atoms with Crippen LogP contribution in [0.1, 0.15) is 35.1 Å². The highest BCUT2D eigenvalue weighted by Crippen LogP contribution is 2.29. The molecule has 9 heteroatoms. The van der Waals surface area contributed by atoms with Crippen LogP contribution in [0, 0.1) is 13.8 Å². The fraction of sp³-hybridized carbons (Fsp3) is 0.381. The molecule has 0 unspecified atom stereocenters. The van der Waals surface area contributed by atoms with Gasteiger partial charge in [0.2, 0.25) is 15.9 Å². The van der Waals surface area contributed by atoms with Crippen LogP contribution < -0.4 is 9.62 Å². The Kier molecular flexibility index (Phi) is 7.52. The molecule has 0 aliphatic heterocycles. The molecule has 0 atom stereocenters. The van der Waals surface area contributed by atoms with Crippen LogP contribution in [0.15, 0.2) is 42.5 Å². The highest BCUT2D eigenvalue weighted by atomic mass is 32.2. The lowest BCUT2D eigenvalue weighted by Gasteiger charge is -2.23. The van der Waals surface area contributed by atoms with Crippen LogP contribution >= 0.6 is 0 Å². The third kappa shape index (κ3) is 7.05. The zero-order valence-electron chi connectivity index (χ0n) is 17.1. The first-order valence-corrected chi connectivity index (χ1v) is 11.2. The van der Waals surface area contributed by atoms with Crippen LogP contribution in [-0.2, 0) is 27.5 Å². The number of aryl methyl sites for hydroxylation is 2. The Bertz CT molecular complexity index is 985. The van der Waals surface area contributed by atoms with Gasteiger partial charge in [-0.25, -0.2) is 8.42 Å². The first-order valence-electron chi connectivity index (χ1n) is 9.35. The van der Waals surface area contributed by atoms with E-state index in [1.807, 2.05) is 19.9 Å². The molecule has 0 fully saturated rings. The molecule has 0 aromatic heterocycles. The van der Waals surface area contributed by atoms with Crippen LogP contribution in [0.5, 0.6) is 0 Å². The van der Waals surface area contributed by atoms with Crippen molar-refractivity contribution in [2.45, 2.75) is 39.4 Å². The molecule has 1 N–H and O–H groups in total. The molecule has 2 aromatic carbocycles. The fourth-order valence-electron chi connectivity index (χ4n) is 3.11. The number of hydrogen-bond acceptors (Lipinski definition) is 3. The molecule has 1 amide bonds. The highest BCUT2D eigenvalue weighted by molar-refractivity contribution is 7.92. The van der Waals surface area contributed by atoms with E-state index in [0.29, 0.717) is 11.3 Å². The first kappa shape index (κ1) is 23.7. The van der Waals surface area contributed by atoms with Gasteiger partial charge in [-0.15, -0.1) is 0 Å². The van der Waals surface area contributed by atoms with E-state index < -0.39 is 21.8 Å². The summed E-state index contributed by atoms with van der Waals surface area (Å²) in [6.07, 6.45) is -3.01. The molecular weight excluding hydrogens is 417 g/mol. The maximum absolute atomic E-state index is 12.8. The number of amides is 1. The number of carbonyl (C=O) groups is 1. The zero-order valence-corrected chi connectivity index (χ0v) is 17.9. The van der Waals surface area contributed by atoms with Gasteiger partial charge in [-0.2, -0.15) is 13.2 Å². The quantitative estimate of drug-likeness (QED) is 0.667. The number of carbonyl (C=O) groups excluding carboxylic acids is 1. The topological polar surface area (TPSA) is 66.5 Å². The third-order valence-electron chi connectivity index (χ3n) is 4.40. The lowest BCUT2D eigenvalue weighted by molar-refractivity contribution is -0.137. The van der Waals surface area contributed by atoms with Crippen molar-refractivity contribution in [3.8, 4) is 0 Å². The number of nitrogens with one attached hydrogen (secondary N) is 1. The number of halogens is 3. The van der Waals surface area contributed by atoms with Gasteiger partial charge in [0.15, 0.2) is 0 Å². The van der Waals surface area contributed by atoms with Gasteiger partial charge in [0.1, 0.15) is 0 Å². The van der Waals surface area contributed by atoms with Gasteiger partial charge in [-0.05, 0) is 61.2 Å². The minimum absolute atomic E-state index is 0.0321. The van der Waals surface area contributed by atoms with Crippen LogP contribution in [0.4, 0.5) is 18.9 Å². The minimum Gasteiger partial charge on any atom is -0.352 e. The summed E-state index contributed by atoms with van der Waals surface area (Å²) in [4.78, 5) is 12.1. The summed E-state index contributed by atoms with van der Waals surface area (Å²) >= 11 is 0. The Morgan fingerprint density at radius 3 is 2.27 bits per heavy atom. The first-order chi connectivity index (χ1) is 13.9. The molecule has 0 spiro atoms. The van der Waals surface area contributed by atoms with Gasteiger partial charge in [-0.3, -0.25) is 9.10 Å². The summed E-state index contributed by atoms with van der Waals surface area (Å²) in [6.45, 7) is 3.84. The SMILES string of the molecule is Cc1cc(C)cc(N(CCCC(=O)NCc2cccc(C(F)(F)F)c2)S(C)(=O)=O)c1. The number of nitrogens with zero attached hydrogens (tertiary/aromatic N) is 1. The van der Waals surface area contributed by atoms with Crippen molar-refractivity contribution in [2.24, 2.45) is 0 Å². The molecule has 0 aliphatic rings. The number of anilines is 1. The van der Waals surface area contributed by atoms with E-state index in [4.69, 9.17) is 0 Å². The van der Waals surface area contributed by atoms with Gasteiger partial charge in [0, 0.05) is 19.5 Å². The Hall–Kier alpha value is -2.55. The number of alkyl halides is 3. The average Bonchev–Trinajstić information content (AvgIpc) is 2.61. The van der Waals surface area contributed by atoms with Gasteiger partial charge in [0.25, 0.3) is 0 Å². The predicted molar refractivity (Wildman–Crippen MR) is 111 cm³/mol. The van der Waals surface area contributed by atoms with Crippen molar-refractivity contribution in [3.05, 3.63) is 64.7 Å². The molecule has 164 valence electrons. The number of benzene rings is 2. The molecule has 0 saturated heterocycles. The van der Waals surface area contributed by atoms with Gasteiger partial charge < -0.3 is 5.32 Å². The number of hydrogen-bond donors (Lipinski definition) is 1. The normalized spacial score (nSPS) is 11.9. The molecule has 0 radical (unpaired) electrons. The van der Waals surface area contributed by atoms with Gasteiger partial charge >= 0.3 is 6.18 Å². The van der Waals surface area contributed by atoms with Crippen LogP contribution in [0.2, 0.25) is 0 Å². The standard InChI is InChI=1S/C21H25F3N2O3S/c1-15-10-16(2)12-19(11-15)26(30(3,28)29)9-5-8-20(27)25-14-17-6-4-7-18(13-17)21(22,23)24/h4,6-7,10-13H,5,8-9,14H2,1-3H3,(H,25,27). The zero-order chi connectivity index (χ0) is 22.5. The van der Waals surface area contributed by atoms with E-state index in [2.05, 4.69) is 5.32 Å². The Labute approximate surface area is 175 Å². The second kappa shape index (κ2) is 9.51. The van der Waals surface area contributed by atoms with Gasteiger partial charge in [-0.1, -0.05) is 18.2 Å². The van der Waals surface area contributed by atoms with Crippen LogP contribution in [0.25, 0.3) is 0 Å². The van der Waals surface area contributed by atoms with E-state index in [-0.39, 0.29) is 31.8 Å². The van der Waals surface area contributed by atoms with Crippen LogP contribution in [0.3, 0.4) is 0 Å². The van der Waals surface area contributed by atoms with E-state index in [9.17, 15) is 26.4 Å². The van der Waals surface area contributed by atoms with Crippen molar-refractivity contribution in [1.82, 2.24) is 5.32 Å². The maximum atomic E-state index is 12.8. The van der Waals surface area contributed by atoms with E-state index in [1.165, 1.54) is 16.4 Å². The van der Waals surface area contributed by atoms with E-state index in [0.717, 1.165) is 29.5 Å². The summed E-state index contributed by atoms with van der Waals surface area (Å²) in [5.41, 5.74) is 1.96. The van der Waals surface area contributed by atoms with Crippen molar-refractivity contribution in [3.63, 3.8) is 0 Å². The minimum atomic E-state index is -4.44. The Morgan fingerprint density at radius 2 is 1.70 bits per heavy atom. The second-order valence-corrected chi connectivity index (χ2v) is 9.17. The monoisotopic (exact) mass is 442 g/mol. The lowest BCUT2D eigenvalue weighted by atomic mass is 10.1. The van der Waals surface area contributed by atoms with Crippen molar-refractivity contribution in [1.29, 1.82) is 0 Å². The molecule has 30 heavy (non-hydrogen) atoms. The molecule has 0 heterocycles. The average molecular weight is 443 g/mol. The van der Waals surface area contributed by atoms with E-state index in [1.54, 1.807) is 12.1 Å². The largest absolute Gasteiger partial charge is 0.416 e. The Balaban J connectivity index is 1.93. The summed E-state index contributed by atoms with van der Waals surface area (Å²) in [6, 6.07) is 10.2. The summed E-state index contributed by atoms with van der Waals surface area (Å²) in [7, 11) is -3.53. The number of sulfonamides is 1. The summed E-state index contributed by atoms with van der Waals surface area (Å²) in [5, 5.41) is 2.57. The molecule has 2 rings (SSSR count). The molecule has 2 aromatic rings. The fourth-order valence-corrected chi connectivity index (χ4v) is 4.06. The predicted octanol–water partition coefficient (Wildman–Crippen LogP) is 4.18. The molecule has 0 aliphatic carbocycles. The number of rotatable bonds is 8. The summed E-state index contributed by atoms with van der Waals surface area (Å²) < 4.78 is 63.9.